The molecule has 0 aromatic rings. The van der Waals surface area contributed by atoms with Crippen LogP contribution in [0.25, 0.3) is 0 Å². The van der Waals surface area contributed by atoms with Gasteiger partial charge in [-0.25, -0.2) is 5.90 Å². The Kier molecular flexibility index (Phi) is 6.11. The minimum absolute atomic E-state index is 0.0519. The summed E-state index contributed by atoms with van der Waals surface area (Å²) in [4.78, 5) is 14.7. The zero-order chi connectivity index (χ0) is 7.82. The van der Waals surface area contributed by atoms with Crippen LogP contribution in [0.5, 0.6) is 0 Å². The SMILES string of the molecule is CCCCNC(=O)CON. The topological polar surface area (TPSA) is 64.3 Å². The molecule has 0 unspecified atom stereocenters. The molecule has 0 saturated heterocycles. The summed E-state index contributed by atoms with van der Waals surface area (Å²) >= 11 is 0. The predicted molar refractivity (Wildman–Crippen MR) is 38.1 cm³/mol. The number of hydrogen-bond acceptors (Lipinski definition) is 3. The highest BCUT2D eigenvalue weighted by atomic mass is 16.6. The lowest BCUT2D eigenvalue weighted by Gasteiger charge is -2.00. The van der Waals surface area contributed by atoms with E-state index in [9.17, 15) is 4.79 Å². The Balaban J connectivity index is 3.05. The summed E-state index contributed by atoms with van der Waals surface area (Å²) in [5, 5.41) is 2.64. The Labute approximate surface area is 60.7 Å². The second-order valence-electron chi connectivity index (χ2n) is 2.01. The van der Waals surface area contributed by atoms with Gasteiger partial charge in [0.1, 0.15) is 6.61 Å². The molecule has 0 spiro atoms. The van der Waals surface area contributed by atoms with Gasteiger partial charge in [-0.1, -0.05) is 13.3 Å². The summed E-state index contributed by atoms with van der Waals surface area (Å²) < 4.78 is 0. The standard InChI is InChI=1S/C6H14N2O2/c1-2-3-4-8-6(9)5-10-7/h2-5,7H2,1H3,(H,8,9). The molecule has 0 heterocycles. The summed E-state index contributed by atoms with van der Waals surface area (Å²) in [6, 6.07) is 0. The van der Waals surface area contributed by atoms with Crippen molar-refractivity contribution < 1.29 is 9.63 Å². The normalized spacial score (nSPS) is 9.40. The fourth-order valence-corrected chi connectivity index (χ4v) is 0.531. The fourth-order valence-electron chi connectivity index (χ4n) is 0.531. The van der Waals surface area contributed by atoms with Gasteiger partial charge in [0, 0.05) is 6.54 Å². The maximum absolute atomic E-state index is 10.6. The zero-order valence-electron chi connectivity index (χ0n) is 6.22. The molecule has 1 amide bonds. The Morgan fingerprint density at radius 2 is 2.40 bits per heavy atom. The summed E-state index contributed by atoms with van der Waals surface area (Å²) in [7, 11) is 0. The second-order valence-corrected chi connectivity index (χ2v) is 2.01. The lowest BCUT2D eigenvalue weighted by Crippen LogP contribution is -2.29. The fraction of sp³-hybridized carbons (Fsp3) is 0.833. The Morgan fingerprint density at radius 1 is 1.70 bits per heavy atom. The van der Waals surface area contributed by atoms with Gasteiger partial charge in [0.25, 0.3) is 0 Å². The third-order valence-electron chi connectivity index (χ3n) is 1.07. The average molecular weight is 146 g/mol. The quantitative estimate of drug-likeness (QED) is 0.417. The number of unbranched alkanes of at least 4 members (excludes halogenated alkanes) is 1. The molecule has 0 aromatic heterocycles. The molecule has 4 nitrogen and oxygen atoms in total. The number of carbonyl (C=O) groups is 1. The van der Waals surface area contributed by atoms with Crippen LogP contribution in [0.3, 0.4) is 0 Å². The van der Waals surface area contributed by atoms with E-state index in [1.165, 1.54) is 0 Å². The minimum atomic E-state index is -0.157. The van der Waals surface area contributed by atoms with Crippen molar-refractivity contribution in [1.82, 2.24) is 5.32 Å². The number of rotatable bonds is 5. The lowest BCUT2D eigenvalue weighted by atomic mass is 10.3. The summed E-state index contributed by atoms with van der Waals surface area (Å²) in [6.07, 6.45) is 2.07. The van der Waals surface area contributed by atoms with Crippen molar-refractivity contribution >= 4 is 5.91 Å². The van der Waals surface area contributed by atoms with Gasteiger partial charge in [-0.05, 0) is 6.42 Å². The second kappa shape index (κ2) is 6.51. The van der Waals surface area contributed by atoms with Gasteiger partial charge in [-0.15, -0.1) is 0 Å². The highest BCUT2D eigenvalue weighted by Crippen LogP contribution is 1.81. The number of amides is 1. The molecule has 0 radical (unpaired) electrons. The first-order valence-electron chi connectivity index (χ1n) is 3.39. The van der Waals surface area contributed by atoms with Gasteiger partial charge in [-0.3, -0.25) is 9.63 Å². The van der Waals surface area contributed by atoms with Crippen LogP contribution in [0, 0.1) is 0 Å². The first-order chi connectivity index (χ1) is 4.81. The first-order valence-corrected chi connectivity index (χ1v) is 3.39. The average Bonchev–Trinajstić information content (AvgIpc) is 1.89. The largest absolute Gasteiger partial charge is 0.354 e. The van der Waals surface area contributed by atoms with Crippen LogP contribution in [0.2, 0.25) is 0 Å². The van der Waals surface area contributed by atoms with E-state index < -0.39 is 0 Å². The van der Waals surface area contributed by atoms with Crippen LogP contribution < -0.4 is 11.2 Å². The molecule has 0 bridgehead atoms. The maximum Gasteiger partial charge on any atom is 0.248 e. The van der Waals surface area contributed by atoms with E-state index >= 15 is 0 Å². The molecule has 4 heteroatoms. The minimum Gasteiger partial charge on any atom is -0.354 e. The monoisotopic (exact) mass is 146 g/mol. The van der Waals surface area contributed by atoms with E-state index in [2.05, 4.69) is 23.0 Å². The number of hydrogen-bond donors (Lipinski definition) is 2. The molecule has 0 atom stereocenters. The van der Waals surface area contributed by atoms with E-state index in [4.69, 9.17) is 0 Å². The lowest BCUT2D eigenvalue weighted by molar-refractivity contribution is -0.125. The molecular weight excluding hydrogens is 132 g/mol. The summed E-state index contributed by atoms with van der Waals surface area (Å²) in [5.74, 6) is 4.52. The van der Waals surface area contributed by atoms with Gasteiger partial charge >= 0.3 is 0 Å². The van der Waals surface area contributed by atoms with E-state index in [-0.39, 0.29) is 12.5 Å². The molecule has 0 aliphatic carbocycles. The highest BCUT2D eigenvalue weighted by Gasteiger charge is 1.96. The Hall–Kier alpha value is -0.610. The van der Waals surface area contributed by atoms with Crippen molar-refractivity contribution in [3.05, 3.63) is 0 Å². The van der Waals surface area contributed by atoms with Crippen molar-refractivity contribution in [3.63, 3.8) is 0 Å². The van der Waals surface area contributed by atoms with Crippen molar-refractivity contribution in [2.75, 3.05) is 13.2 Å². The molecule has 0 saturated carbocycles. The van der Waals surface area contributed by atoms with E-state index in [0.29, 0.717) is 6.54 Å². The van der Waals surface area contributed by atoms with E-state index in [1.54, 1.807) is 0 Å². The zero-order valence-corrected chi connectivity index (χ0v) is 6.22. The van der Waals surface area contributed by atoms with E-state index in [0.717, 1.165) is 12.8 Å². The Morgan fingerprint density at radius 3 is 2.90 bits per heavy atom. The van der Waals surface area contributed by atoms with Crippen LogP contribution in [0.1, 0.15) is 19.8 Å². The first kappa shape index (κ1) is 9.39. The molecule has 10 heavy (non-hydrogen) atoms. The highest BCUT2D eigenvalue weighted by molar-refractivity contribution is 5.76. The van der Waals surface area contributed by atoms with Crippen molar-refractivity contribution in [2.45, 2.75) is 19.8 Å². The third kappa shape index (κ3) is 5.53. The van der Waals surface area contributed by atoms with E-state index in [1.807, 2.05) is 0 Å². The van der Waals surface area contributed by atoms with Crippen LogP contribution in [-0.4, -0.2) is 19.1 Å². The number of carbonyl (C=O) groups excluding carboxylic acids is 1. The van der Waals surface area contributed by atoms with Crippen LogP contribution in [0.4, 0.5) is 0 Å². The van der Waals surface area contributed by atoms with Gasteiger partial charge in [-0.2, -0.15) is 0 Å². The van der Waals surface area contributed by atoms with Crippen LogP contribution in [0.15, 0.2) is 0 Å². The predicted octanol–water partition coefficient (Wildman–Crippen LogP) is -0.207. The molecule has 0 fully saturated rings. The van der Waals surface area contributed by atoms with Crippen LogP contribution in [-0.2, 0) is 9.63 Å². The number of nitrogens with two attached hydrogens (primary N) is 1. The van der Waals surface area contributed by atoms with Crippen LogP contribution >= 0.6 is 0 Å². The molecule has 0 aromatic carbocycles. The summed E-state index contributed by atoms with van der Waals surface area (Å²) in [5.41, 5.74) is 0. The summed E-state index contributed by atoms with van der Waals surface area (Å²) in [6.45, 7) is 2.72. The molecule has 60 valence electrons. The van der Waals surface area contributed by atoms with Gasteiger partial charge in [0.05, 0.1) is 0 Å². The van der Waals surface area contributed by atoms with Crippen molar-refractivity contribution in [3.8, 4) is 0 Å². The Bertz CT molecular complexity index is 95.7. The van der Waals surface area contributed by atoms with Crippen molar-refractivity contribution in [1.29, 1.82) is 0 Å². The smallest absolute Gasteiger partial charge is 0.248 e. The third-order valence-corrected chi connectivity index (χ3v) is 1.07. The molecule has 3 N–H and O–H groups in total. The maximum atomic E-state index is 10.6. The molecule has 0 rings (SSSR count). The molecule has 0 aliphatic rings. The van der Waals surface area contributed by atoms with Gasteiger partial charge in [0.15, 0.2) is 0 Å². The van der Waals surface area contributed by atoms with Gasteiger partial charge < -0.3 is 5.32 Å². The van der Waals surface area contributed by atoms with Crippen molar-refractivity contribution in [2.24, 2.45) is 5.90 Å². The number of nitrogens with one attached hydrogen (secondary N) is 1. The molecule has 0 aliphatic heterocycles. The molecular formula is C6H14N2O2. The van der Waals surface area contributed by atoms with Gasteiger partial charge in [0.2, 0.25) is 5.91 Å².